The Kier molecular flexibility index (Phi) is 7.05. The predicted molar refractivity (Wildman–Crippen MR) is 102 cm³/mol. The molecule has 0 atom stereocenters. The van der Waals surface area contributed by atoms with Crippen LogP contribution in [0.5, 0.6) is 5.75 Å². The van der Waals surface area contributed by atoms with E-state index < -0.39 is 5.60 Å². The van der Waals surface area contributed by atoms with E-state index in [4.69, 9.17) is 9.47 Å². The van der Waals surface area contributed by atoms with Crippen LogP contribution in [0.4, 0.5) is 5.69 Å². The van der Waals surface area contributed by atoms with Crippen LogP contribution in [0.1, 0.15) is 58.9 Å². The van der Waals surface area contributed by atoms with Gasteiger partial charge >= 0.3 is 0 Å². The SMILES string of the molecule is CCOC1(C(=O)Nc2ccc(OCC(C)C)c(C#N)c2)CCC(C)CC1. The lowest BCUT2D eigenvalue weighted by Crippen LogP contribution is -2.48. The van der Waals surface area contributed by atoms with Crippen LogP contribution in [0.2, 0.25) is 0 Å². The van der Waals surface area contributed by atoms with Crippen LogP contribution in [-0.2, 0) is 9.53 Å². The van der Waals surface area contributed by atoms with Crippen molar-refractivity contribution in [3.8, 4) is 11.8 Å². The average Bonchev–Trinajstić information content (AvgIpc) is 2.62. The first-order chi connectivity index (χ1) is 12.4. The number of anilines is 1. The molecule has 26 heavy (non-hydrogen) atoms. The largest absolute Gasteiger partial charge is 0.492 e. The van der Waals surface area contributed by atoms with Crippen molar-refractivity contribution in [2.45, 2.75) is 59.0 Å². The highest BCUT2D eigenvalue weighted by Gasteiger charge is 2.41. The number of benzene rings is 1. The predicted octanol–water partition coefficient (Wildman–Crippen LogP) is 4.52. The monoisotopic (exact) mass is 358 g/mol. The van der Waals surface area contributed by atoms with Gasteiger partial charge in [-0.25, -0.2) is 0 Å². The van der Waals surface area contributed by atoms with Crippen molar-refractivity contribution in [3.05, 3.63) is 23.8 Å². The molecule has 0 heterocycles. The van der Waals surface area contributed by atoms with Crippen LogP contribution in [0.25, 0.3) is 0 Å². The minimum Gasteiger partial charge on any atom is -0.492 e. The fraction of sp³-hybridized carbons (Fsp3) is 0.619. The molecule has 5 nitrogen and oxygen atoms in total. The van der Waals surface area contributed by atoms with E-state index in [0.717, 1.165) is 25.7 Å². The van der Waals surface area contributed by atoms with Gasteiger partial charge in [0.25, 0.3) is 5.91 Å². The Labute approximate surface area is 156 Å². The van der Waals surface area contributed by atoms with Gasteiger partial charge in [0, 0.05) is 12.3 Å². The van der Waals surface area contributed by atoms with Crippen molar-refractivity contribution < 1.29 is 14.3 Å². The molecule has 1 saturated carbocycles. The Balaban J connectivity index is 2.13. The van der Waals surface area contributed by atoms with Gasteiger partial charge in [0.05, 0.1) is 12.2 Å². The maximum Gasteiger partial charge on any atom is 0.256 e. The zero-order valence-electron chi connectivity index (χ0n) is 16.3. The molecule has 0 unspecified atom stereocenters. The van der Waals surface area contributed by atoms with Crippen molar-refractivity contribution in [1.82, 2.24) is 0 Å². The van der Waals surface area contributed by atoms with E-state index in [1.54, 1.807) is 18.2 Å². The fourth-order valence-corrected chi connectivity index (χ4v) is 3.26. The Bertz CT molecular complexity index is 656. The molecule has 0 bridgehead atoms. The third kappa shape index (κ3) is 4.98. The highest BCUT2D eigenvalue weighted by molar-refractivity contribution is 5.97. The quantitative estimate of drug-likeness (QED) is 0.778. The van der Waals surface area contributed by atoms with Gasteiger partial charge in [-0.05, 0) is 62.6 Å². The third-order valence-corrected chi connectivity index (χ3v) is 4.85. The zero-order chi connectivity index (χ0) is 19.2. The van der Waals surface area contributed by atoms with Crippen LogP contribution < -0.4 is 10.1 Å². The first-order valence-electron chi connectivity index (χ1n) is 9.52. The molecule has 0 saturated heterocycles. The molecule has 1 aromatic rings. The molecule has 1 fully saturated rings. The topological polar surface area (TPSA) is 71.3 Å². The van der Waals surface area contributed by atoms with Crippen molar-refractivity contribution in [2.75, 3.05) is 18.5 Å². The van der Waals surface area contributed by atoms with Gasteiger partial charge in [-0.2, -0.15) is 5.26 Å². The standard InChI is InChI=1S/C21H30N2O3/c1-5-26-21(10-8-16(4)9-11-21)20(24)23-18-6-7-19(17(12-18)13-22)25-14-15(2)3/h6-7,12,15-16H,5,8-11,14H2,1-4H3,(H,23,24). The van der Waals surface area contributed by atoms with E-state index in [0.29, 0.717) is 42.0 Å². The van der Waals surface area contributed by atoms with Crippen LogP contribution >= 0.6 is 0 Å². The molecule has 142 valence electrons. The van der Waals surface area contributed by atoms with E-state index in [9.17, 15) is 10.1 Å². The first-order valence-corrected chi connectivity index (χ1v) is 9.52. The number of nitrogens with zero attached hydrogens (tertiary/aromatic N) is 1. The van der Waals surface area contributed by atoms with Gasteiger partial charge < -0.3 is 14.8 Å². The summed E-state index contributed by atoms with van der Waals surface area (Å²) in [7, 11) is 0. The number of nitrogens with one attached hydrogen (secondary N) is 1. The third-order valence-electron chi connectivity index (χ3n) is 4.85. The van der Waals surface area contributed by atoms with E-state index in [1.165, 1.54) is 0 Å². The number of carbonyl (C=O) groups is 1. The second kappa shape index (κ2) is 9.05. The van der Waals surface area contributed by atoms with Crippen molar-refractivity contribution in [3.63, 3.8) is 0 Å². The molecule has 1 N–H and O–H groups in total. The number of carbonyl (C=O) groups excluding carboxylic acids is 1. The fourth-order valence-electron chi connectivity index (χ4n) is 3.26. The second-order valence-corrected chi connectivity index (χ2v) is 7.59. The number of rotatable bonds is 7. The molecule has 0 aliphatic heterocycles. The van der Waals surface area contributed by atoms with E-state index in [1.807, 2.05) is 6.92 Å². The molecule has 0 spiro atoms. The number of hydrogen-bond acceptors (Lipinski definition) is 4. The highest BCUT2D eigenvalue weighted by Crippen LogP contribution is 2.36. The minimum absolute atomic E-state index is 0.119. The molecule has 1 aliphatic carbocycles. The summed E-state index contributed by atoms with van der Waals surface area (Å²) < 4.78 is 11.6. The zero-order valence-corrected chi connectivity index (χ0v) is 16.3. The second-order valence-electron chi connectivity index (χ2n) is 7.59. The molecular formula is C21H30N2O3. The lowest BCUT2D eigenvalue weighted by Gasteiger charge is -2.37. The van der Waals surface area contributed by atoms with Crippen molar-refractivity contribution >= 4 is 11.6 Å². The van der Waals surface area contributed by atoms with Gasteiger partial charge in [0.15, 0.2) is 0 Å². The Hall–Kier alpha value is -2.06. The summed E-state index contributed by atoms with van der Waals surface area (Å²) in [6.07, 6.45) is 3.43. The number of hydrogen-bond donors (Lipinski definition) is 1. The van der Waals surface area contributed by atoms with Gasteiger partial charge in [-0.15, -0.1) is 0 Å². The van der Waals surface area contributed by atoms with Crippen molar-refractivity contribution in [2.24, 2.45) is 11.8 Å². The van der Waals surface area contributed by atoms with E-state index in [-0.39, 0.29) is 5.91 Å². The molecule has 0 radical (unpaired) electrons. The summed E-state index contributed by atoms with van der Waals surface area (Å²) in [5.74, 6) is 1.43. The average molecular weight is 358 g/mol. The van der Waals surface area contributed by atoms with Crippen LogP contribution in [0.15, 0.2) is 18.2 Å². The molecule has 5 heteroatoms. The van der Waals surface area contributed by atoms with Gasteiger partial charge in [-0.1, -0.05) is 20.8 Å². The molecule has 1 aliphatic rings. The summed E-state index contributed by atoms with van der Waals surface area (Å²) in [5, 5.41) is 12.3. The summed E-state index contributed by atoms with van der Waals surface area (Å²) in [6, 6.07) is 7.33. The van der Waals surface area contributed by atoms with E-state index in [2.05, 4.69) is 32.2 Å². The molecule has 0 aromatic heterocycles. The molecule has 1 amide bonds. The lowest BCUT2D eigenvalue weighted by molar-refractivity contribution is -0.146. The van der Waals surface area contributed by atoms with Gasteiger partial charge in [0.2, 0.25) is 0 Å². The summed E-state index contributed by atoms with van der Waals surface area (Å²) in [4.78, 5) is 12.9. The maximum absolute atomic E-state index is 12.9. The van der Waals surface area contributed by atoms with Crippen molar-refractivity contribution in [1.29, 1.82) is 5.26 Å². The number of nitriles is 1. The molecule has 1 aromatic carbocycles. The molecule has 2 rings (SSSR count). The van der Waals surface area contributed by atoms with Crippen LogP contribution in [-0.4, -0.2) is 24.7 Å². The minimum atomic E-state index is -0.763. The number of amides is 1. The number of ether oxygens (including phenoxy) is 2. The Morgan fingerprint density at radius 1 is 1.38 bits per heavy atom. The Morgan fingerprint density at radius 2 is 2.08 bits per heavy atom. The highest BCUT2D eigenvalue weighted by atomic mass is 16.5. The normalized spacial score (nSPS) is 22.7. The summed E-state index contributed by atoms with van der Waals surface area (Å²) in [6.45, 7) is 9.29. The molecular weight excluding hydrogens is 328 g/mol. The smallest absolute Gasteiger partial charge is 0.256 e. The van der Waals surface area contributed by atoms with Gasteiger partial charge in [0.1, 0.15) is 17.4 Å². The van der Waals surface area contributed by atoms with E-state index >= 15 is 0 Å². The summed E-state index contributed by atoms with van der Waals surface area (Å²) >= 11 is 0. The van der Waals surface area contributed by atoms with Crippen LogP contribution in [0.3, 0.4) is 0 Å². The van der Waals surface area contributed by atoms with Gasteiger partial charge in [-0.3, -0.25) is 4.79 Å². The first kappa shape index (κ1) is 20.3. The summed E-state index contributed by atoms with van der Waals surface area (Å²) in [5.41, 5.74) is 0.258. The Morgan fingerprint density at radius 3 is 2.65 bits per heavy atom. The maximum atomic E-state index is 12.9. The van der Waals surface area contributed by atoms with Crippen LogP contribution in [0, 0.1) is 23.2 Å². The lowest BCUT2D eigenvalue weighted by atomic mass is 9.78.